The summed E-state index contributed by atoms with van der Waals surface area (Å²) in [6, 6.07) is 0. The first-order chi connectivity index (χ1) is 5.36. The van der Waals surface area contributed by atoms with Crippen molar-refractivity contribution in [2.75, 3.05) is 0 Å². The minimum Gasteiger partial charge on any atom is -0.239 e. The van der Waals surface area contributed by atoms with Crippen molar-refractivity contribution < 1.29 is 0 Å². The third-order valence-corrected chi connectivity index (χ3v) is 2.66. The lowest BCUT2D eigenvalue weighted by Crippen LogP contribution is -1.73. The molecular formula is C6H5N3S2. The Bertz CT molecular complexity index is 338. The van der Waals surface area contributed by atoms with Gasteiger partial charge < -0.3 is 0 Å². The van der Waals surface area contributed by atoms with Crippen LogP contribution in [-0.4, -0.2) is 14.3 Å². The molecule has 0 saturated heterocycles. The van der Waals surface area contributed by atoms with Gasteiger partial charge in [0.2, 0.25) is 0 Å². The number of aromatic nitrogens is 3. The predicted octanol–water partition coefficient (Wildman–Crippen LogP) is 1.97. The minimum atomic E-state index is 0.898. The second kappa shape index (κ2) is 2.67. The average Bonchev–Trinajstić information content (AvgIpc) is 2.55. The van der Waals surface area contributed by atoms with Crippen LogP contribution < -0.4 is 0 Å². The van der Waals surface area contributed by atoms with Gasteiger partial charge >= 0.3 is 0 Å². The van der Waals surface area contributed by atoms with E-state index in [9.17, 15) is 0 Å². The first kappa shape index (κ1) is 6.87. The van der Waals surface area contributed by atoms with Crippen LogP contribution in [-0.2, 0) is 0 Å². The van der Waals surface area contributed by atoms with Gasteiger partial charge in [-0.3, -0.25) is 0 Å². The summed E-state index contributed by atoms with van der Waals surface area (Å²) >= 11 is 3.00. The van der Waals surface area contributed by atoms with Gasteiger partial charge in [0.15, 0.2) is 5.01 Å². The van der Waals surface area contributed by atoms with E-state index in [1.54, 1.807) is 17.7 Å². The van der Waals surface area contributed by atoms with Crippen LogP contribution in [0.5, 0.6) is 0 Å². The number of rotatable bonds is 1. The van der Waals surface area contributed by atoms with E-state index in [1.807, 2.05) is 12.3 Å². The van der Waals surface area contributed by atoms with Crippen molar-refractivity contribution in [1.82, 2.24) is 14.3 Å². The third kappa shape index (κ3) is 1.29. The molecule has 11 heavy (non-hydrogen) atoms. The molecule has 2 heterocycles. The highest BCUT2D eigenvalue weighted by Gasteiger charge is 2.03. The molecule has 2 aromatic heterocycles. The lowest BCUT2D eigenvalue weighted by Gasteiger charge is -1.82. The van der Waals surface area contributed by atoms with E-state index in [4.69, 9.17) is 0 Å². The third-order valence-electron chi connectivity index (χ3n) is 1.20. The Labute approximate surface area is 71.9 Å². The molecule has 0 bridgehead atoms. The van der Waals surface area contributed by atoms with Gasteiger partial charge in [-0.15, -0.1) is 11.3 Å². The molecule has 0 aliphatic carbocycles. The van der Waals surface area contributed by atoms with Crippen molar-refractivity contribution in [3.63, 3.8) is 0 Å². The Morgan fingerprint density at radius 1 is 1.45 bits per heavy atom. The Morgan fingerprint density at radius 3 is 2.91 bits per heavy atom. The fourth-order valence-electron chi connectivity index (χ4n) is 0.748. The normalized spacial score (nSPS) is 10.3. The Kier molecular flexibility index (Phi) is 1.67. The molecule has 0 radical (unpaired) electrons. The molecular weight excluding hydrogens is 178 g/mol. The molecule has 2 aromatic rings. The van der Waals surface area contributed by atoms with Crippen LogP contribution in [0.2, 0.25) is 0 Å². The van der Waals surface area contributed by atoms with Crippen LogP contribution in [0.25, 0.3) is 10.7 Å². The van der Waals surface area contributed by atoms with E-state index in [0.29, 0.717) is 0 Å². The number of hydrogen-bond acceptors (Lipinski definition) is 5. The summed E-state index contributed by atoms with van der Waals surface area (Å²) in [7, 11) is 0. The van der Waals surface area contributed by atoms with Crippen molar-refractivity contribution in [2.24, 2.45) is 0 Å². The maximum atomic E-state index is 4.28. The van der Waals surface area contributed by atoms with Gasteiger partial charge in [0.25, 0.3) is 0 Å². The molecule has 0 N–H and O–H groups in total. The zero-order chi connectivity index (χ0) is 7.68. The molecule has 0 unspecified atom stereocenters. The van der Waals surface area contributed by atoms with E-state index in [0.717, 1.165) is 15.7 Å². The highest BCUT2D eigenvalue weighted by atomic mass is 32.1. The molecule has 3 nitrogen and oxygen atoms in total. The topological polar surface area (TPSA) is 38.7 Å². The van der Waals surface area contributed by atoms with E-state index in [-0.39, 0.29) is 0 Å². The van der Waals surface area contributed by atoms with Crippen molar-refractivity contribution in [3.8, 4) is 10.7 Å². The molecule has 0 saturated carbocycles. The van der Waals surface area contributed by atoms with Gasteiger partial charge in [-0.2, -0.15) is 4.37 Å². The lowest BCUT2D eigenvalue weighted by atomic mass is 10.5. The second-order valence-electron chi connectivity index (χ2n) is 2.00. The van der Waals surface area contributed by atoms with Gasteiger partial charge in [0.1, 0.15) is 12.0 Å². The maximum Gasteiger partial charge on any atom is 0.162 e. The molecule has 0 atom stereocenters. The van der Waals surface area contributed by atoms with Crippen LogP contribution >= 0.6 is 22.9 Å². The molecule has 2 rings (SSSR count). The summed E-state index contributed by atoms with van der Waals surface area (Å²) in [5.41, 5.74) is 0.940. The predicted molar refractivity (Wildman–Crippen MR) is 45.8 cm³/mol. The first-order valence-electron chi connectivity index (χ1n) is 3.05. The smallest absolute Gasteiger partial charge is 0.162 e. The van der Waals surface area contributed by atoms with Gasteiger partial charge in [0.05, 0.1) is 5.01 Å². The van der Waals surface area contributed by atoms with Crippen molar-refractivity contribution in [3.05, 3.63) is 16.7 Å². The van der Waals surface area contributed by atoms with E-state index in [1.165, 1.54) is 11.5 Å². The SMILES string of the molecule is Cc1nc(-c2ncns2)cs1. The second-order valence-corrected chi connectivity index (χ2v) is 3.84. The Balaban J connectivity index is 2.45. The van der Waals surface area contributed by atoms with Gasteiger partial charge in [-0.1, -0.05) is 0 Å². The minimum absolute atomic E-state index is 0.898. The number of hydrogen-bond donors (Lipinski definition) is 0. The largest absolute Gasteiger partial charge is 0.239 e. The molecule has 0 aliphatic heterocycles. The van der Waals surface area contributed by atoms with Gasteiger partial charge in [-0.25, -0.2) is 9.97 Å². The van der Waals surface area contributed by atoms with E-state index in [2.05, 4.69) is 14.3 Å². The van der Waals surface area contributed by atoms with Crippen LogP contribution in [0, 0.1) is 6.92 Å². The number of aryl methyl sites for hydroxylation is 1. The Hall–Kier alpha value is -0.810. The summed E-state index contributed by atoms with van der Waals surface area (Å²) in [5.74, 6) is 0. The molecule has 0 aliphatic rings. The molecule has 56 valence electrons. The monoisotopic (exact) mass is 183 g/mol. The summed E-state index contributed by atoms with van der Waals surface area (Å²) in [6.45, 7) is 1.98. The molecule has 5 heteroatoms. The van der Waals surface area contributed by atoms with Gasteiger partial charge in [0, 0.05) is 5.38 Å². The highest BCUT2D eigenvalue weighted by Crippen LogP contribution is 2.21. The van der Waals surface area contributed by atoms with Crippen molar-refractivity contribution in [2.45, 2.75) is 6.92 Å². The molecule has 0 fully saturated rings. The van der Waals surface area contributed by atoms with Crippen molar-refractivity contribution in [1.29, 1.82) is 0 Å². The van der Waals surface area contributed by atoms with Crippen LogP contribution in [0.1, 0.15) is 5.01 Å². The zero-order valence-corrected chi connectivity index (χ0v) is 7.45. The standard InChI is InChI=1S/C6H5N3S2/c1-4-9-5(2-10-4)6-7-3-8-11-6/h2-3H,1H3. The zero-order valence-electron chi connectivity index (χ0n) is 5.81. The van der Waals surface area contributed by atoms with Crippen LogP contribution in [0.4, 0.5) is 0 Å². The fraction of sp³-hybridized carbons (Fsp3) is 0.167. The first-order valence-corrected chi connectivity index (χ1v) is 4.71. The van der Waals surface area contributed by atoms with Gasteiger partial charge in [-0.05, 0) is 18.5 Å². The fourth-order valence-corrected chi connectivity index (χ4v) is 1.91. The lowest BCUT2D eigenvalue weighted by molar-refractivity contribution is 1.26. The summed E-state index contributed by atoms with van der Waals surface area (Å²) in [4.78, 5) is 8.33. The Morgan fingerprint density at radius 2 is 2.36 bits per heavy atom. The number of thiazole rings is 1. The average molecular weight is 183 g/mol. The molecule has 0 spiro atoms. The summed E-state index contributed by atoms with van der Waals surface area (Å²) < 4.78 is 3.90. The summed E-state index contributed by atoms with van der Waals surface area (Å²) in [6.07, 6.45) is 1.55. The molecule has 0 amide bonds. The van der Waals surface area contributed by atoms with E-state index >= 15 is 0 Å². The van der Waals surface area contributed by atoms with Crippen LogP contribution in [0.15, 0.2) is 11.7 Å². The van der Waals surface area contributed by atoms with Crippen molar-refractivity contribution >= 4 is 22.9 Å². The summed E-state index contributed by atoms with van der Waals surface area (Å²) in [5, 5.41) is 3.96. The maximum absolute atomic E-state index is 4.28. The van der Waals surface area contributed by atoms with Crippen LogP contribution in [0.3, 0.4) is 0 Å². The van der Waals surface area contributed by atoms with E-state index < -0.39 is 0 Å². The number of nitrogens with zero attached hydrogens (tertiary/aromatic N) is 3. The molecule has 0 aromatic carbocycles. The quantitative estimate of drug-likeness (QED) is 0.678. The highest BCUT2D eigenvalue weighted by molar-refractivity contribution is 7.11.